The predicted molar refractivity (Wildman–Crippen MR) is 124 cm³/mol. The van der Waals surface area contributed by atoms with Crippen LogP contribution in [0.4, 0.5) is 5.69 Å². The van der Waals surface area contributed by atoms with E-state index in [1.54, 1.807) is 27.5 Å². The molecule has 0 amide bonds. The zero-order valence-electron chi connectivity index (χ0n) is 19.1. The lowest BCUT2D eigenvalue weighted by Gasteiger charge is -2.21. The highest BCUT2D eigenvalue weighted by Crippen LogP contribution is 2.38. The summed E-state index contributed by atoms with van der Waals surface area (Å²) in [6.07, 6.45) is 2.07. The molecule has 0 unspecified atom stereocenters. The molecule has 2 aliphatic rings. The van der Waals surface area contributed by atoms with Gasteiger partial charge in [0, 0.05) is 18.6 Å². The Balaban J connectivity index is 1.56. The van der Waals surface area contributed by atoms with E-state index in [0.29, 0.717) is 23.7 Å². The number of nitrogens with one attached hydrogen (secondary N) is 2. The van der Waals surface area contributed by atoms with Crippen molar-refractivity contribution in [1.82, 2.24) is 20.5 Å². The van der Waals surface area contributed by atoms with Gasteiger partial charge in [-0.1, -0.05) is 6.07 Å². The summed E-state index contributed by atoms with van der Waals surface area (Å²) in [5, 5.41) is 1.93. The number of fused-ring (bicyclic) bond motifs is 5. The average molecular weight is 463 g/mol. The summed E-state index contributed by atoms with van der Waals surface area (Å²) < 4.78 is 23.9. The van der Waals surface area contributed by atoms with E-state index >= 15 is 0 Å². The Morgan fingerprint density at radius 3 is 2.65 bits per heavy atom. The van der Waals surface area contributed by atoms with Crippen LogP contribution in [0.2, 0.25) is 0 Å². The van der Waals surface area contributed by atoms with E-state index in [1.807, 2.05) is 52.0 Å². The van der Waals surface area contributed by atoms with Gasteiger partial charge < -0.3 is 24.4 Å². The number of hydrogen-bond donors (Lipinski definition) is 2. The van der Waals surface area contributed by atoms with Gasteiger partial charge in [0.15, 0.2) is 5.69 Å². The van der Waals surface area contributed by atoms with Gasteiger partial charge in [-0.15, -0.1) is 5.53 Å². The number of hydrogen-bond acceptors (Lipinski definition) is 9. The number of esters is 1. The number of imidazole rings is 1. The number of methoxy groups -OCH3 is 2. The molecular weight excluding hydrogens is 438 g/mol. The van der Waals surface area contributed by atoms with Crippen molar-refractivity contribution in [2.45, 2.75) is 13.3 Å². The first-order chi connectivity index (χ1) is 16.6. The first kappa shape index (κ1) is 21.7. The van der Waals surface area contributed by atoms with Crippen LogP contribution in [0.5, 0.6) is 17.2 Å². The van der Waals surface area contributed by atoms with Gasteiger partial charge in [-0.2, -0.15) is 0 Å². The zero-order chi connectivity index (χ0) is 23.7. The number of ether oxygens (including phenoxy) is 4. The first-order valence-electron chi connectivity index (χ1n) is 10.8. The van der Waals surface area contributed by atoms with Crippen molar-refractivity contribution in [3.05, 3.63) is 71.6 Å². The maximum atomic E-state index is 12.6. The molecule has 5 rings (SSSR count). The highest BCUT2D eigenvalue weighted by atomic mass is 16.5. The first-order valence-corrected chi connectivity index (χ1v) is 10.8. The fraction of sp³-hybridized carbons (Fsp3) is 0.250. The van der Waals surface area contributed by atoms with Crippen LogP contribution in [0.1, 0.15) is 23.1 Å². The van der Waals surface area contributed by atoms with E-state index in [-0.39, 0.29) is 18.9 Å². The number of rotatable bonds is 7. The molecule has 1 aromatic heterocycles. The predicted octanol–water partition coefficient (Wildman–Crippen LogP) is 2.74. The zero-order valence-corrected chi connectivity index (χ0v) is 19.1. The third-order valence-corrected chi connectivity index (χ3v) is 5.71. The number of benzene rings is 2. The van der Waals surface area contributed by atoms with Gasteiger partial charge in [0.1, 0.15) is 30.2 Å². The summed E-state index contributed by atoms with van der Waals surface area (Å²) in [6.45, 7) is 2.32. The minimum Gasteiger partial charge on any atom is -0.497 e. The second-order valence-corrected chi connectivity index (χ2v) is 7.63. The van der Waals surface area contributed by atoms with E-state index in [1.165, 1.54) is 0 Å². The van der Waals surface area contributed by atoms with Crippen LogP contribution >= 0.6 is 0 Å². The Morgan fingerprint density at radius 1 is 1.06 bits per heavy atom. The van der Waals surface area contributed by atoms with Crippen molar-refractivity contribution in [2.75, 3.05) is 32.4 Å². The molecule has 2 aliphatic heterocycles. The summed E-state index contributed by atoms with van der Waals surface area (Å²) in [7, 11) is 3.24. The summed E-state index contributed by atoms with van der Waals surface area (Å²) in [5.41, 5.74) is 10.8. The van der Waals surface area contributed by atoms with Crippen LogP contribution in [0.15, 0.2) is 60.2 Å². The smallest absolute Gasteiger partial charge is 0.358 e. The van der Waals surface area contributed by atoms with Gasteiger partial charge >= 0.3 is 5.97 Å². The van der Waals surface area contributed by atoms with E-state index in [0.717, 1.165) is 28.5 Å². The molecule has 0 atom stereocenters. The van der Waals surface area contributed by atoms with Gasteiger partial charge in [0.2, 0.25) is 0 Å². The SMILES string of the molecule is CCOC(=O)c1ncn2c1CC1=C(COc3cccc(OC)c3)NNN1c1cc(OC)ccc1-2. The summed E-state index contributed by atoms with van der Waals surface area (Å²) >= 11 is 0. The standard InChI is InChI=1S/C24H25N5O5/c1-4-33-24(30)23-22-12-20-18(13-34-17-7-5-6-15(10-17)31-2)26-27-29(20)21-11-16(32-3)8-9-19(21)28(22)14-25-23/h5-11,14,26-27H,4,12-13H2,1-3H3. The lowest BCUT2D eigenvalue weighted by atomic mass is 10.1. The van der Waals surface area contributed by atoms with E-state index in [4.69, 9.17) is 18.9 Å². The maximum Gasteiger partial charge on any atom is 0.358 e. The van der Waals surface area contributed by atoms with Crippen molar-refractivity contribution >= 4 is 11.7 Å². The molecule has 0 saturated carbocycles. The lowest BCUT2D eigenvalue weighted by molar-refractivity contribution is 0.0519. The minimum atomic E-state index is -0.451. The molecule has 0 fully saturated rings. The number of carbonyl (C=O) groups is 1. The summed E-state index contributed by atoms with van der Waals surface area (Å²) in [6, 6.07) is 13.2. The van der Waals surface area contributed by atoms with Crippen LogP contribution in [-0.4, -0.2) is 43.0 Å². The molecule has 0 saturated heterocycles. The Bertz CT molecular complexity index is 1270. The highest BCUT2D eigenvalue weighted by Gasteiger charge is 2.33. The number of aromatic nitrogens is 2. The normalized spacial score (nSPS) is 13.9. The van der Waals surface area contributed by atoms with Crippen LogP contribution in [0.3, 0.4) is 0 Å². The van der Waals surface area contributed by atoms with Crippen molar-refractivity contribution < 1.29 is 23.7 Å². The molecule has 176 valence electrons. The summed E-state index contributed by atoms with van der Waals surface area (Å²) in [5.74, 6) is 1.65. The number of hydrazine groups is 2. The lowest BCUT2D eigenvalue weighted by Crippen LogP contribution is -2.38. The van der Waals surface area contributed by atoms with Crippen LogP contribution in [0, 0.1) is 0 Å². The Morgan fingerprint density at radius 2 is 1.85 bits per heavy atom. The molecule has 3 aromatic rings. The topological polar surface area (TPSA) is 99.1 Å². The van der Waals surface area contributed by atoms with Crippen molar-refractivity contribution in [2.24, 2.45) is 0 Å². The van der Waals surface area contributed by atoms with E-state index < -0.39 is 5.97 Å². The number of nitrogens with zero attached hydrogens (tertiary/aromatic N) is 3. The molecule has 3 heterocycles. The van der Waals surface area contributed by atoms with Gasteiger partial charge in [-0.3, -0.25) is 9.58 Å². The second-order valence-electron chi connectivity index (χ2n) is 7.63. The molecule has 10 nitrogen and oxygen atoms in total. The van der Waals surface area contributed by atoms with Crippen LogP contribution in [0.25, 0.3) is 5.69 Å². The fourth-order valence-corrected chi connectivity index (χ4v) is 4.05. The van der Waals surface area contributed by atoms with Gasteiger partial charge in [-0.25, -0.2) is 9.78 Å². The van der Waals surface area contributed by atoms with E-state index in [2.05, 4.69) is 15.9 Å². The van der Waals surface area contributed by atoms with Crippen LogP contribution < -0.4 is 30.2 Å². The molecular formula is C24H25N5O5. The number of anilines is 1. The fourth-order valence-electron chi connectivity index (χ4n) is 4.05. The number of allylic oxidation sites excluding steroid dienone is 1. The monoisotopic (exact) mass is 463 g/mol. The minimum absolute atomic E-state index is 0.272. The number of carbonyl (C=O) groups excluding carboxylic acids is 1. The van der Waals surface area contributed by atoms with E-state index in [9.17, 15) is 4.79 Å². The van der Waals surface area contributed by atoms with Crippen LogP contribution in [-0.2, 0) is 11.2 Å². The van der Waals surface area contributed by atoms with Crippen molar-refractivity contribution in [3.63, 3.8) is 0 Å². The van der Waals surface area contributed by atoms with Gasteiger partial charge in [-0.05, 0) is 31.2 Å². The Kier molecular flexibility index (Phi) is 5.72. The molecule has 2 N–H and O–H groups in total. The molecule has 0 aliphatic carbocycles. The Hall–Kier alpha value is -4.18. The van der Waals surface area contributed by atoms with Gasteiger partial charge in [0.25, 0.3) is 0 Å². The third kappa shape index (κ3) is 3.77. The Labute approximate surface area is 196 Å². The molecule has 10 heteroatoms. The van der Waals surface area contributed by atoms with Crippen molar-refractivity contribution in [3.8, 4) is 22.9 Å². The molecule has 2 aromatic carbocycles. The quantitative estimate of drug-likeness (QED) is 0.513. The second kappa shape index (κ2) is 8.99. The largest absolute Gasteiger partial charge is 0.497 e. The maximum absolute atomic E-state index is 12.6. The van der Waals surface area contributed by atoms with Gasteiger partial charge in [0.05, 0.1) is 49.3 Å². The average Bonchev–Trinajstić information content (AvgIpc) is 3.44. The molecule has 0 bridgehead atoms. The molecule has 34 heavy (non-hydrogen) atoms. The van der Waals surface area contributed by atoms with Crippen molar-refractivity contribution in [1.29, 1.82) is 0 Å². The highest BCUT2D eigenvalue weighted by molar-refractivity contribution is 5.89. The third-order valence-electron chi connectivity index (χ3n) is 5.71. The summed E-state index contributed by atoms with van der Waals surface area (Å²) in [4.78, 5) is 17.0. The molecule has 0 radical (unpaired) electrons. The molecule has 0 spiro atoms.